The number of urea groups is 1. The van der Waals surface area contributed by atoms with Crippen molar-refractivity contribution in [1.29, 1.82) is 0 Å². The third kappa shape index (κ3) is 4.21. The molecule has 8 nitrogen and oxygen atoms in total. The fourth-order valence-corrected chi connectivity index (χ4v) is 2.35. The van der Waals surface area contributed by atoms with Crippen LogP contribution < -0.4 is 34.3 Å². The van der Waals surface area contributed by atoms with Crippen molar-refractivity contribution in [2.75, 3.05) is 46.2 Å². The van der Waals surface area contributed by atoms with Crippen LogP contribution in [0.2, 0.25) is 0 Å². The lowest BCUT2D eigenvalue weighted by Crippen LogP contribution is -2.20. The minimum Gasteiger partial charge on any atom is -0.497 e. The highest BCUT2D eigenvalue weighted by Crippen LogP contribution is 2.40. The van der Waals surface area contributed by atoms with Crippen molar-refractivity contribution < 1.29 is 28.5 Å². The van der Waals surface area contributed by atoms with Gasteiger partial charge in [0.05, 0.1) is 46.9 Å². The molecule has 0 aliphatic heterocycles. The summed E-state index contributed by atoms with van der Waals surface area (Å²) in [4.78, 5) is 12.4. The summed E-state index contributed by atoms with van der Waals surface area (Å²) < 4.78 is 26.2. The van der Waals surface area contributed by atoms with E-state index in [-0.39, 0.29) is 0 Å². The van der Waals surface area contributed by atoms with E-state index in [0.29, 0.717) is 40.1 Å². The van der Waals surface area contributed by atoms with Gasteiger partial charge in [-0.2, -0.15) is 0 Å². The van der Waals surface area contributed by atoms with Gasteiger partial charge < -0.3 is 34.3 Å². The van der Waals surface area contributed by atoms with Crippen LogP contribution in [0.1, 0.15) is 0 Å². The van der Waals surface area contributed by atoms with E-state index in [2.05, 4.69) is 10.6 Å². The summed E-state index contributed by atoms with van der Waals surface area (Å²) in [6.07, 6.45) is 0. The Morgan fingerprint density at radius 2 is 1.35 bits per heavy atom. The first-order valence-corrected chi connectivity index (χ1v) is 7.66. The number of carbonyl (C=O) groups is 1. The summed E-state index contributed by atoms with van der Waals surface area (Å²) in [5.74, 6) is 2.40. The smallest absolute Gasteiger partial charge is 0.323 e. The van der Waals surface area contributed by atoms with Crippen LogP contribution in [0.4, 0.5) is 16.2 Å². The molecule has 2 aromatic rings. The Hall–Kier alpha value is -3.29. The van der Waals surface area contributed by atoms with Gasteiger partial charge in [-0.05, 0) is 12.1 Å². The highest BCUT2D eigenvalue weighted by Gasteiger charge is 2.15. The summed E-state index contributed by atoms with van der Waals surface area (Å²) in [5.41, 5.74) is 0.940. The zero-order valence-corrected chi connectivity index (χ0v) is 15.3. The largest absolute Gasteiger partial charge is 0.497 e. The minimum absolute atomic E-state index is 0.432. The Morgan fingerprint density at radius 1 is 0.731 bits per heavy atom. The molecule has 0 unspecified atom stereocenters. The third-order valence-electron chi connectivity index (χ3n) is 3.58. The molecule has 0 fully saturated rings. The van der Waals surface area contributed by atoms with Crippen molar-refractivity contribution in [1.82, 2.24) is 0 Å². The molecule has 0 saturated carbocycles. The van der Waals surface area contributed by atoms with Crippen LogP contribution in [0.5, 0.6) is 28.7 Å². The van der Waals surface area contributed by atoms with Crippen molar-refractivity contribution in [2.45, 2.75) is 0 Å². The van der Waals surface area contributed by atoms with Gasteiger partial charge in [-0.25, -0.2) is 4.79 Å². The number of hydrogen-bond donors (Lipinski definition) is 2. The number of nitrogens with one attached hydrogen (secondary N) is 2. The quantitative estimate of drug-likeness (QED) is 0.785. The Bertz CT molecular complexity index is 753. The first-order valence-electron chi connectivity index (χ1n) is 7.66. The normalized spacial score (nSPS) is 9.88. The van der Waals surface area contributed by atoms with E-state index in [0.717, 1.165) is 0 Å². The van der Waals surface area contributed by atoms with Gasteiger partial charge in [0, 0.05) is 18.2 Å². The van der Waals surface area contributed by atoms with Crippen molar-refractivity contribution >= 4 is 17.4 Å². The molecular weight excluding hydrogens is 340 g/mol. The lowest BCUT2D eigenvalue weighted by atomic mass is 10.2. The number of amides is 2. The predicted molar refractivity (Wildman–Crippen MR) is 98.3 cm³/mol. The van der Waals surface area contributed by atoms with Gasteiger partial charge in [-0.1, -0.05) is 0 Å². The van der Waals surface area contributed by atoms with Crippen LogP contribution in [-0.2, 0) is 0 Å². The molecule has 0 bridgehead atoms. The summed E-state index contributed by atoms with van der Waals surface area (Å²) in [6, 6.07) is 7.89. The van der Waals surface area contributed by atoms with Crippen molar-refractivity contribution in [3.63, 3.8) is 0 Å². The minimum atomic E-state index is -0.467. The lowest BCUT2D eigenvalue weighted by Gasteiger charge is -2.15. The third-order valence-corrected chi connectivity index (χ3v) is 3.58. The van der Waals surface area contributed by atoms with Gasteiger partial charge in [0.25, 0.3) is 0 Å². The zero-order valence-electron chi connectivity index (χ0n) is 15.3. The molecule has 0 aliphatic rings. The van der Waals surface area contributed by atoms with E-state index >= 15 is 0 Å². The van der Waals surface area contributed by atoms with Gasteiger partial charge in [-0.15, -0.1) is 0 Å². The molecule has 0 spiro atoms. The number of benzene rings is 2. The fraction of sp³-hybridized carbons (Fsp3) is 0.278. The van der Waals surface area contributed by atoms with Crippen LogP contribution >= 0.6 is 0 Å². The first-order chi connectivity index (χ1) is 12.6. The molecule has 2 N–H and O–H groups in total. The molecular formula is C18H22N2O6. The average Bonchev–Trinajstić information content (AvgIpc) is 2.66. The highest BCUT2D eigenvalue weighted by atomic mass is 16.5. The van der Waals surface area contributed by atoms with Crippen LogP contribution in [0.15, 0.2) is 30.3 Å². The molecule has 2 amide bonds. The monoisotopic (exact) mass is 362 g/mol. The van der Waals surface area contributed by atoms with Crippen molar-refractivity contribution in [2.24, 2.45) is 0 Å². The average molecular weight is 362 g/mol. The summed E-state index contributed by atoms with van der Waals surface area (Å²) >= 11 is 0. The summed E-state index contributed by atoms with van der Waals surface area (Å²) in [6.45, 7) is 0. The van der Waals surface area contributed by atoms with Gasteiger partial charge in [0.2, 0.25) is 5.75 Å². The molecule has 2 aromatic carbocycles. The maximum absolute atomic E-state index is 12.4. The van der Waals surface area contributed by atoms with Crippen LogP contribution in [0, 0.1) is 0 Å². The lowest BCUT2D eigenvalue weighted by molar-refractivity contribution is 0.262. The number of ether oxygens (including phenoxy) is 5. The Morgan fingerprint density at radius 3 is 1.85 bits per heavy atom. The molecule has 0 heterocycles. The molecule has 26 heavy (non-hydrogen) atoms. The molecule has 0 saturated heterocycles. The van der Waals surface area contributed by atoms with E-state index < -0.39 is 6.03 Å². The molecule has 140 valence electrons. The molecule has 0 aromatic heterocycles. The van der Waals surface area contributed by atoms with E-state index in [1.165, 1.54) is 28.4 Å². The second-order valence-corrected chi connectivity index (χ2v) is 5.06. The standard InChI is InChI=1S/C18H22N2O6/c1-22-12-6-7-14(23-2)13(10-12)20-18(21)19-11-8-15(24-3)17(26-5)16(9-11)25-4/h6-10H,1-5H3,(H2,19,20,21). The van der Waals surface area contributed by atoms with Crippen molar-refractivity contribution in [3.8, 4) is 28.7 Å². The van der Waals surface area contributed by atoms with E-state index in [1.54, 1.807) is 37.4 Å². The Kier molecular flexibility index (Phi) is 6.37. The Balaban J connectivity index is 2.23. The second kappa shape index (κ2) is 8.70. The fourth-order valence-electron chi connectivity index (χ4n) is 2.35. The number of methoxy groups -OCH3 is 5. The van der Waals surface area contributed by atoms with Crippen LogP contribution in [0.25, 0.3) is 0 Å². The predicted octanol–water partition coefficient (Wildman–Crippen LogP) is 3.37. The van der Waals surface area contributed by atoms with Gasteiger partial charge in [0.15, 0.2) is 11.5 Å². The van der Waals surface area contributed by atoms with Crippen LogP contribution in [-0.4, -0.2) is 41.6 Å². The maximum atomic E-state index is 12.4. The van der Waals surface area contributed by atoms with E-state index in [4.69, 9.17) is 23.7 Å². The second-order valence-electron chi connectivity index (χ2n) is 5.06. The number of carbonyl (C=O) groups excluding carboxylic acids is 1. The van der Waals surface area contributed by atoms with Gasteiger partial charge in [0.1, 0.15) is 11.5 Å². The van der Waals surface area contributed by atoms with Gasteiger partial charge in [-0.3, -0.25) is 0 Å². The number of anilines is 2. The highest BCUT2D eigenvalue weighted by molar-refractivity contribution is 6.01. The molecule has 0 atom stereocenters. The zero-order chi connectivity index (χ0) is 19.1. The van der Waals surface area contributed by atoms with E-state index in [9.17, 15) is 4.79 Å². The van der Waals surface area contributed by atoms with Crippen molar-refractivity contribution in [3.05, 3.63) is 30.3 Å². The van der Waals surface area contributed by atoms with E-state index in [1.807, 2.05) is 0 Å². The SMILES string of the molecule is COc1ccc(OC)c(NC(=O)Nc2cc(OC)c(OC)c(OC)c2)c1. The molecule has 0 radical (unpaired) electrons. The van der Waals surface area contributed by atoms with Gasteiger partial charge >= 0.3 is 6.03 Å². The Labute approximate surface area is 152 Å². The molecule has 8 heteroatoms. The topological polar surface area (TPSA) is 87.3 Å². The van der Waals surface area contributed by atoms with Crippen LogP contribution in [0.3, 0.4) is 0 Å². The molecule has 0 aliphatic carbocycles. The summed E-state index contributed by atoms with van der Waals surface area (Å²) in [7, 11) is 7.57. The summed E-state index contributed by atoms with van der Waals surface area (Å²) in [5, 5.41) is 5.44. The number of rotatable bonds is 7. The molecule has 2 rings (SSSR count). The number of hydrogen-bond acceptors (Lipinski definition) is 6. The first kappa shape index (κ1) is 19.0. The maximum Gasteiger partial charge on any atom is 0.323 e.